The van der Waals surface area contributed by atoms with E-state index in [9.17, 15) is 13.2 Å². The van der Waals surface area contributed by atoms with Crippen LogP contribution in [0.1, 0.15) is 0 Å². The van der Waals surface area contributed by atoms with Gasteiger partial charge in [0.15, 0.2) is 0 Å². The van der Waals surface area contributed by atoms with Crippen molar-refractivity contribution in [2.45, 2.75) is 0 Å². The van der Waals surface area contributed by atoms with Crippen LogP contribution in [0.4, 0.5) is 18.9 Å². The Kier molecular flexibility index (Phi) is 3.09. The summed E-state index contributed by atoms with van der Waals surface area (Å²) in [6.45, 7) is 0. The van der Waals surface area contributed by atoms with E-state index in [2.05, 4.69) is 10.1 Å². The van der Waals surface area contributed by atoms with E-state index in [0.29, 0.717) is 23.4 Å². The first kappa shape index (κ1) is 13.2. The smallest absolute Gasteiger partial charge is 0.264 e. The van der Waals surface area contributed by atoms with Crippen molar-refractivity contribution in [1.29, 1.82) is 0 Å². The second-order valence-electron chi connectivity index (χ2n) is 4.29. The molecule has 0 saturated heterocycles. The minimum Gasteiger partial charge on any atom is -0.399 e. The van der Waals surface area contributed by atoms with Gasteiger partial charge in [0.05, 0.1) is 0 Å². The standard InChI is InChI=1S/C14H8F3N3O/c15-8-5-10(16)12(11(17)6-8)14-19-13(20-21-14)7-2-1-3-9(18)4-7/h1-6H,18H2. The number of nitrogens with two attached hydrogens (primary N) is 1. The lowest BCUT2D eigenvalue weighted by molar-refractivity contribution is 0.425. The highest BCUT2D eigenvalue weighted by Gasteiger charge is 2.20. The molecule has 0 unspecified atom stereocenters. The van der Waals surface area contributed by atoms with Gasteiger partial charge in [0.25, 0.3) is 5.89 Å². The quantitative estimate of drug-likeness (QED) is 0.735. The third-order valence-electron chi connectivity index (χ3n) is 2.79. The molecule has 3 aromatic rings. The number of halogens is 3. The fourth-order valence-corrected chi connectivity index (χ4v) is 1.87. The molecule has 0 spiro atoms. The number of aromatic nitrogens is 2. The van der Waals surface area contributed by atoms with E-state index in [0.717, 1.165) is 0 Å². The van der Waals surface area contributed by atoms with Gasteiger partial charge in [-0.2, -0.15) is 4.98 Å². The summed E-state index contributed by atoms with van der Waals surface area (Å²) in [6.07, 6.45) is 0. The molecule has 1 heterocycles. The maximum absolute atomic E-state index is 13.6. The fourth-order valence-electron chi connectivity index (χ4n) is 1.87. The van der Waals surface area contributed by atoms with E-state index in [4.69, 9.17) is 10.3 Å². The first-order chi connectivity index (χ1) is 10.0. The van der Waals surface area contributed by atoms with Crippen molar-refractivity contribution >= 4 is 5.69 Å². The minimum absolute atomic E-state index is 0.125. The van der Waals surface area contributed by atoms with Crippen LogP contribution >= 0.6 is 0 Å². The average Bonchev–Trinajstić information content (AvgIpc) is 2.87. The molecule has 0 bridgehead atoms. The van der Waals surface area contributed by atoms with Gasteiger partial charge in [-0.05, 0) is 12.1 Å². The van der Waals surface area contributed by atoms with Gasteiger partial charge in [0.1, 0.15) is 23.0 Å². The molecule has 0 amide bonds. The Hall–Kier alpha value is -2.83. The summed E-state index contributed by atoms with van der Waals surface area (Å²) in [6, 6.07) is 7.70. The van der Waals surface area contributed by atoms with E-state index in [-0.39, 0.29) is 11.7 Å². The Balaban J connectivity index is 2.07. The lowest BCUT2D eigenvalue weighted by Crippen LogP contribution is -1.92. The maximum Gasteiger partial charge on any atom is 0.264 e. The van der Waals surface area contributed by atoms with Gasteiger partial charge < -0.3 is 10.3 Å². The second-order valence-corrected chi connectivity index (χ2v) is 4.29. The Bertz CT molecular complexity index is 794. The van der Waals surface area contributed by atoms with Gasteiger partial charge in [-0.25, -0.2) is 13.2 Å². The van der Waals surface area contributed by atoms with Gasteiger partial charge in [-0.15, -0.1) is 0 Å². The first-order valence-electron chi connectivity index (χ1n) is 5.89. The number of nitrogen functional groups attached to an aromatic ring is 1. The summed E-state index contributed by atoms with van der Waals surface area (Å²) in [5.41, 5.74) is 6.08. The summed E-state index contributed by atoms with van der Waals surface area (Å²) >= 11 is 0. The molecule has 2 aromatic carbocycles. The lowest BCUT2D eigenvalue weighted by Gasteiger charge is -1.99. The highest BCUT2D eigenvalue weighted by Crippen LogP contribution is 2.28. The van der Waals surface area contributed by atoms with Crippen molar-refractivity contribution in [3.05, 3.63) is 53.8 Å². The fraction of sp³-hybridized carbons (Fsp3) is 0. The number of hydrogen-bond acceptors (Lipinski definition) is 4. The molecule has 106 valence electrons. The molecule has 7 heteroatoms. The molecule has 2 N–H and O–H groups in total. The summed E-state index contributed by atoms with van der Waals surface area (Å²) in [7, 11) is 0. The van der Waals surface area contributed by atoms with Crippen LogP contribution in [-0.4, -0.2) is 10.1 Å². The van der Waals surface area contributed by atoms with E-state index < -0.39 is 23.0 Å². The van der Waals surface area contributed by atoms with Crippen LogP contribution in [0, 0.1) is 17.5 Å². The lowest BCUT2D eigenvalue weighted by atomic mass is 10.2. The normalized spacial score (nSPS) is 10.8. The largest absolute Gasteiger partial charge is 0.399 e. The number of rotatable bonds is 2. The molecule has 3 rings (SSSR count). The second kappa shape index (κ2) is 4.93. The van der Waals surface area contributed by atoms with Crippen molar-refractivity contribution in [2.75, 3.05) is 5.73 Å². The van der Waals surface area contributed by atoms with Crippen molar-refractivity contribution in [3.8, 4) is 22.8 Å². The zero-order chi connectivity index (χ0) is 15.0. The van der Waals surface area contributed by atoms with E-state index in [1.54, 1.807) is 24.3 Å². The molecular formula is C14H8F3N3O. The van der Waals surface area contributed by atoms with Crippen LogP contribution in [0.15, 0.2) is 40.9 Å². The summed E-state index contributed by atoms with van der Waals surface area (Å²) in [5, 5.41) is 3.64. The van der Waals surface area contributed by atoms with Crippen molar-refractivity contribution in [2.24, 2.45) is 0 Å². The van der Waals surface area contributed by atoms with Gasteiger partial charge in [-0.3, -0.25) is 0 Å². The first-order valence-corrected chi connectivity index (χ1v) is 5.89. The van der Waals surface area contributed by atoms with Crippen molar-refractivity contribution in [3.63, 3.8) is 0 Å². The Morgan fingerprint density at radius 2 is 1.71 bits per heavy atom. The average molecular weight is 291 g/mol. The Morgan fingerprint density at radius 3 is 2.38 bits per heavy atom. The van der Waals surface area contributed by atoms with Crippen LogP contribution < -0.4 is 5.73 Å². The summed E-state index contributed by atoms with van der Waals surface area (Å²) in [4.78, 5) is 3.91. The van der Waals surface area contributed by atoms with Crippen LogP contribution in [0.2, 0.25) is 0 Å². The molecule has 1 aromatic heterocycles. The van der Waals surface area contributed by atoms with Gasteiger partial charge >= 0.3 is 0 Å². The zero-order valence-corrected chi connectivity index (χ0v) is 10.5. The molecule has 4 nitrogen and oxygen atoms in total. The van der Waals surface area contributed by atoms with Crippen molar-refractivity contribution in [1.82, 2.24) is 10.1 Å². The van der Waals surface area contributed by atoms with Gasteiger partial charge in [-0.1, -0.05) is 17.3 Å². The molecule has 0 saturated carbocycles. The Labute approximate surface area is 117 Å². The van der Waals surface area contributed by atoms with Crippen molar-refractivity contribution < 1.29 is 17.7 Å². The zero-order valence-electron chi connectivity index (χ0n) is 10.5. The van der Waals surface area contributed by atoms with E-state index in [1.165, 1.54) is 0 Å². The van der Waals surface area contributed by atoms with Gasteiger partial charge in [0.2, 0.25) is 5.82 Å². The highest BCUT2D eigenvalue weighted by molar-refractivity contribution is 5.63. The molecule has 0 radical (unpaired) electrons. The maximum atomic E-state index is 13.6. The summed E-state index contributed by atoms with van der Waals surface area (Å²) < 4.78 is 45.0. The van der Waals surface area contributed by atoms with Crippen LogP contribution in [0.3, 0.4) is 0 Å². The topological polar surface area (TPSA) is 64.9 Å². The molecule has 0 aliphatic heterocycles. The molecule has 0 aliphatic rings. The Morgan fingerprint density at radius 1 is 1.00 bits per heavy atom. The van der Waals surface area contributed by atoms with Crippen LogP contribution in [0.5, 0.6) is 0 Å². The van der Waals surface area contributed by atoms with Crippen LogP contribution in [-0.2, 0) is 0 Å². The molecule has 0 atom stereocenters. The van der Waals surface area contributed by atoms with Gasteiger partial charge in [0, 0.05) is 23.4 Å². The highest BCUT2D eigenvalue weighted by atomic mass is 19.1. The molecule has 21 heavy (non-hydrogen) atoms. The number of benzene rings is 2. The monoisotopic (exact) mass is 291 g/mol. The van der Waals surface area contributed by atoms with E-state index >= 15 is 0 Å². The number of anilines is 1. The SMILES string of the molecule is Nc1cccc(-c2noc(-c3c(F)cc(F)cc3F)n2)c1. The molecular weight excluding hydrogens is 283 g/mol. The van der Waals surface area contributed by atoms with Crippen LogP contribution in [0.25, 0.3) is 22.8 Å². The predicted octanol–water partition coefficient (Wildman–Crippen LogP) is 3.40. The molecule has 0 aliphatic carbocycles. The third kappa shape index (κ3) is 2.45. The number of nitrogens with zero attached hydrogens (tertiary/aromatic N) is 2. The molecule has 0 fully saturated rings. The predicted molar refractivity (Wildman–Crippen MR) is 69.5 cm³/mol. The van der Waals surface area contributed by atoms with E-state index in [1.807, 2.05) is 0 Å². The number of hydrogen-bond donors (Lipinski definition) is 1. The summed E-state index contributed by atoms with van der Waals surface area (Å²) in [5.74, 6) is -3.50. The third-order valence-corrected chi connectivity index (χ3v) is 2.79. The minimum atomic E-state index is -1.12.